The Morgan fingerprint density at radius 1 is 1.19 bits per heavy atom. The van der Waals surface area contributed by atoms with Gasteiger partial charge in [0, 0.05) is 28.9 Å². The molecule has 86 valence electrons. The second kappa shape index (κ2) is 4.96. The third kappa shape index (κ3) is 2.12. The van der Waals surface area contributed by atoms with Crippen LogP contribution in [0.1, 0.15) is 25.1 Å². The Balaban J connectivity index is 2.48. The van der Waals surface area contributed by atoms with Crippen LogP contribution in [0.5, 0.6) is 0 Å². The molecule has 0 fully saturated rings. The van der Waals surface area contributed by atoms with Gasteiger partial charge in [-0.1, -0.05) is 18.6 Å². The summed E-state index contributed by atoms with van der Waals surface area (Å²) in [4.78, 5) is 0. The zero-order chi connectivity index (χ0) is 11.5. The minimum atomic E-state index is 1.06. The Labute approximate surface area is 102 Å². The van der Waals surface area contributed by atoms with Crippen molar-refractivity contribution in [3.05, 3.63) is 35.5 Å². The molecule has 0 saturated heterocycles. The van der Waals surface area contributed by atoms with E-state index in [-0.39, 0.29) is 0 Å². The molecule has 0 N–H and O–H groups in total. The maximum absolute atomic E-state index is 2.43. The molecule has 0 radical (unpaired) electrons. The molecule has 0 spiro atoms. The Kier molecular flexibility index (Phi) is 3.59. The second-order valence-electron chi connectivity index (χ2n) is 4.08. The van der Waals surface area contributed by atoms with Crippen molar-refractivity contribution in [2.24, 2.45) is 0 Å². The minimum absolute atomic E-state index is 1.06. The molecule has 1 heterocycles. The predicted octanol–water partition coefficient (Wildman–Crippen LogP) is 4.22. The highest BCUT2D eigenvalue weighted by Crippen LogP contribution is 2.24. The second-order valence-corrected chi connectivity index (χ2v) is 5.35. The van der Waals surface area contributed by atoms with Gasteiger partial charge in [-0.15, -0.1) is 0 Å². The number of aromatic nitrogens is 1. The zero-order valence-corrected chi connectivity index (χ0v) is 11.1. The van der Waals surface area contributed by atoms with Crippen molar-refractivity contribution in [1.29, 1.82) is 0 Å². The first kappa shape index (κ1) is 11.6. The number of aryl methyl sites for hydroxylation is 2. The smallest absolute Gasteiger partial charge is 0.0482 e. The van der Waals surface area contributed by atoms with Gasteiger partial charge in [0.2, 0.25) is 0 Å². The monoisotopic (exact) mass is 233 g/mol. The maximum atomic E-state index is 2.43. The third-order valence-electron chi connectivity index (χ3n) is 2.91. The average Bonchev–Trinajstić information content (AvgIpc) is 2.62. The van der Waals surface area contributed by atoms with Gasteiger partial charge in [-0.3, -0.25) is 0 Å². The van der Waals surface area contributed by atoms with E-state index in [1.807, 2.05) is 11.8 Å². The van der Waals surface area contributed by atoms with Crippen LogP contribution >= 0.6 is 11.8 Å². The number of hydrogen-bond acceptors (Lipinski definition) is 1. The molecule has 0 atom stereocenters. The molecule has 16 heavy (non-hydrogen) atoms. The highest BCUT2D eigenvalue weighted by atomic mass is 32.2. The largest absolute Gasteiger partial charge is 0.344 e. The maximum Gasteiger partial charge on any atom is 0.0482 e. The van der Waals surface area contributed by atoms with Gasteiger partial charge in [-0.05, 0) is 37.8 Å². The van der Waals surface area contributed by atoms with Crippen LogP contribution in [0, 0.1) is 6.92 Å². The van der Waals surface area contributed by atoms with Gasteiger partial charge in [-0.25, -0.2) is 0 Å². The molecule has 0 unspecified atom stereocenters. The van der Waals surface area contributed by atoms with Crippen molar-refractivity contribution >= 4 is 22.7 Å². The molecular weight excluding hydrogens is 214 g/mol. The fraction of sp³-hybridized carbons (Fsp3) is 0.429. The fourth-order valence-corrected chi connectivity index (χ4v) is 2.80. The molecule has 0 saturated carbocycles. The van der Waals surface area contributed by atoms with Crippen LogP contribution in [-0.2, 0) is 12.3 Å². The van der Waals surface area contributed by atoms with Crippen molar-refractivity contribution < 1.29 is 0 Å². The number of nitrogens with zero attached hydrogens (tertiary/aromatic N) is 1. The summed E-state index contributed by atoms with van der Waals surface area (Å²) in [6.45, 7) is 7.66. The molecule has 2 heteroatoms. The number of benzene rings is 1. The first-order chi connectivity index (χ1) is 7.76. The van der Waals surface area contributed by atoms with Crippen LogP contribution in [0.15, 0.2) is 24.3 Å². The van der Waals surface area contributed by atoms with E-state index in [1.54, 1.807) is 0 Å². The average molecular weight is 233 g/mol. The molecule has 1 aromatic heterocycles. The molecule has 0 bridgehead atoms. The molecule has 2 aromatic rings. The number of fused-ring (bicyclic) bond motifs is 1. The first-order valence-electron chi connectivity index (χ1n) is 5.92. The summed E-state index contributed by atoms with van der Waals surface area (Å²) in [6, 6.07) is 9.07. The van der Waals surface area contributed by atoms with E-state index in [2.05, 4.69) is 49.6 Å². The first-order valence-corrected chi connectivity index (χ1v) is 7.08. The van der Waals surface area contributed by atoms with Crippen LogP contribution < -0.4 is 0 Å². The fourth-order valence-electron chi connectivity index (χ4n) is 2.15. The SMILES string of the molecule is CCSCc1cc2cc(C)ccc2n1CC. The summed E-state index contributed by atoms with van der Waals surface area (Å²) in [7, 11) is 0. The van der Waals surface area contributed by atoms with Gasteiger partial charge in [0.05, 0.1) is 0 Å². The zero-order valence-electron chi connectivity index (χ0n) is 10.3. The summed E-state index contributed by atoms with van der Waals surface area (Å²) in [5.74, 6) is 2.31. The minimum Gasteiger partial charge on any atom is -0.344 e. The Morgan fingerprint density at radius 3 is 2.69 bits per heavy atom. The van der Waals surface area contributed by atoms with Crippen molar-refractivity contribution in [3.63, 3.8) is 0 Å². The van der Waals surface area contributed by atoms with Crippen LogP contribution in [0.4, 0.5) is 0 Å². The van der Waals surface area contributed by atoms with Crippen molar-refractivity contribution in [2.45, 2.75) is 33.1 Å². The number of rotatable bonds is 4. The molecule has 1 nitrogen and oxygen atoms in total. The summed E-state index contributed by atoms with van der Waals surface area (Å²) >= 11 is 1.99. The molecule has 0 aliphatic rings. The summed E-state index contributed by atoms with van der Waals surface area (Å²) in [6.07, 6.45) is 0. The van der Waals surface area contributed by atoms with E-state index in [0.717, 1.165) is 12.3 Å². The molecule has 0 amide bonds. The lowest BCUT2D eigenvalue weighted by Crippen LogP contribution is -1.98. The Bertz CT molecular complexity index is 485. The van der Waals surface area contributed by atoms with Gasteiger partial charge in [-0.2, -0.15) is 11.8 Å². The summed E-state index contributed by atoms with van der Waals surface area (Å²) < 4.78 is 2.43. The van der Waals surface area contributed by atoms with Crippen molar-refractivity contribution in [1.82, 2.24) is 4.57 Å². The van der Waals surface area contributed by atoms with Crippen LogP contribution in [-0.4, -0.2) is 10.3 Å². The molecule has 0 aliphatic carbocycles. The quantitative estimate of drug-likeness (QED) is 0.765. The third-order valence-corrected chi connectivity index (χ3v) is 3.82. The predicted molar refractivity (Wildman–Crippen MR) is 74.2 cm³/mol. The summed E-state index contributed by atoms with van der Waals surface area (Å²) in [5, 5.41) is 1.38. The Morgan fingerprint density at radius 2 is 2.00 bits per heavy atom. The lowest BCUT2D eigenvalue weighted by molar-refractivity contribution is 0.765. The number of hydrogen-bond donors (Lipinski definition) is 0. The van der Waals surface area contributed by atoms with Gasteiger partial charge in [0.1, 0.15) is 0 Å². The van der Waals surface area contributed by atoms with Gasteiger partial charge in [0.25, 0.3) is 0 Å². The molecule has 0 aliphatic heterocycles. The van der Waals surface area contributed by atoms with Gasteiger partial charge >= 0.3 is 0 Å². The van der Waals surface area contributed by atoms with E-state index in [0.29, 0.717) is 0 Å². The van der Waals surface area contributed by atoms with E-state index < -0.39 is 0 Å². The van der Waals surface area contributed by atoms with E-state index in [4.69, 9.17) is 0 Å². The highest BCUT2D eigenvalue weighted by Gasteiger charge is 2.06. The highest BCUT2D eigenvalue weighted by molar-refractivity contribution is 7.98. The van der Waals surface area contributed by atoms with E-state index >= 15 is 0 Å². The van der Waals surface area contributed by atoms with Crippen molar-refractivity contribution in [2.75, 3.05) is 5.75 Å². The molecular formula is C14H19NS. The van der Waals surface area contributed by atoms with Gasteiger partial charge < -0.3 is 4.57 Å². The van der Waals surface area contributed by atoms with Crippen LogP contribution in [0.3, 0.4) is 0 Å². The number of thioether (sulfide) groups is 1. The lowest BCUT2D eigenvalue weighted by Gasteiger charge is -2.07. The lowest BCUT2D eigenvalue weighted by atomic mass is 10.2. The molecule has 1 aromatic carbocycles. The molecule has 2 rings (SSSR count). The van der Waals surface area contributed by atoms with Crippen LogP contribution in [0.25, 0.3) is 10.9 Å². The standard InChI is InChI=1S/C14H19NS/c1-4-15-13(10-16-5-2)9-12-8-11(3)6-7-14(12)15/h6-9H,4-5,10H2,1-3H3. The van der Waals surface area contributed by atoms with Crippen LogP contribution in [0.2, 0.25) is 0 Å². The van der Waals surface area contributed by atoms with E-state index in [9.17, 15) is 0 Å². The van der Waals surface area contributed by atoms with Crippen molar-refractivity contribution in [3.8, 4) is 0 Å². The van der Waals surface area contributed by atoms with Gasteiger partial charge in [0.15, 0.2) is 0 Å². The van der Waals surface area contributed by atoms with E-state index in [1.165, 1.54) is 27.9 Å². The summed E-state index contributed by atoms with van der Waals surface area (Å²) in [5.41, 5.74) is 4.17. The topological polar surface area (TPSA) is 4.93 Å². The Hall–Kier alpha value is -0.890. The normalized spacial score (nSPS) is 11.2.